The van der Waals surface area contributed by atoms with E-state index < -0.39 is 17.5 Å². The molecular weight excluding hydrogens is 480 g/mol. The minimum Gasteiger partial charge on any atom is -0.478 e. The van der Waals surface area contributed by atoms with Crippen molar-refractivity contribution in [1.29, 1.82) is 0 Å². The van der Waals surface area contributed by atoms with Gasteiger partial charge < -0.3 is 14.9 Å². The van der Waals surface area contributed by atoms with Crippen LogP contribution in [0.25, 0.3) is 0 Å². The van der Waals surface area contributed by atoms with Crippen molar-refractivity contribution in [2.24, 2.45) is 39.4 Å². The molecule has 210 valence electrons. The first-order valence-electron chi connectivity index (χ1n) is 14.2. The molecule has 0 amide bonds. The smallest absolute Gasteiger partial charge is 0.331 e. The number of esters is 1. The van der Waals surface area contributed by atoms with Gasteiger partial charge in [-0.25, -0.2) is 4.79 Å². The summed E-state index contributed by atoms with van der Waals surface area (Å²) in [5, 5.41) is 20.8. The minimum atomic E-state index is -1.08. The molecule has 2 saturated carbocycles. The molecule has 6 nitrogen and oxygen atoms in total. The Hall–Kier alpha value is -2.21. The lowest BCUT2D eigenvalue weighted by atomic mass is 9.44. The topological polar surface area (TPSA) is 101 Å². The molecule has 4 aliphatic carbocycles. The van der Waals surface area contributed by atoms with Gasteiger partial charge in [0, 0.05) is 29.7 Å². The molecule has 0 aliphatic heterocycles. The normalized spacial score (nSPS) is 40.6. The average Bonchev–Trinajstić information content (AvgIpc) is 3.02. The highest BCUT2D eigenvalue weighted by atomic mass is 16.5. The van der Waals surface area contributed by atoms with Gasteiger partial charge in [0.2, 0.25) is 0 Å². The summed E-state index contributed by atoms with van der Waals surface area (Å²) in [6.45, 7) is 16.3. The molecule has 38 heavy (non-hydrogen) atoms. The lowest BCUT2D eigenvalue weighted by Gasteiger charge is -2.61. The highest BCUT2D eigenvalue weighted by Crippen LogP contribution is 2.71. The number of carboxylic acid groups (broad SMARTS) is 1. The Morgan fingerprint density at radius 3 is 2.37 bits per heavy atom. The van der Waals surface area contributed by atoms with Gasteiger partial charge in [0.1, 0.15) is 6.10 Å². The van der Waals surface area contributed by atoms with E-state index in [1.54, 1.807) is 0 Å². The SMILES string of the molecule is CC(=O)OC1CCC2(C)C3=CCC4(C)C(C(C)CC(=O)/C=C(/C)C(=O)O)CC(O)C4(C)C3=CCC2C1(C)C. The summed E-state index contributed by atoms with van der Waals surface area (Å²) >= 11 is 0. The fraction of sp³-hybridized carbons (Fsp3) is 0.719. The second-order valence-electron chi connectivity index (χ2n) is 13.9. The average molecular weight is 527 g/mol. The van der Waals surface area contributed by atoms with Gasteiger partial charge in [0.25, 0.3) is 0 Å². The van der Waals surface area contributed by atoms with E-state index in [0.717, 1.165) is 25.7 Å². The van der Waals surface area contributed by atoms with Crippen LogP contribution in [0, 0.1) is 39.4 Å². The molecule has 0 radical (unpaired) electrons. The van der Waals surface area contributed by atoms with Crippen molar-refractivity contribution in [3.05, 3.63) is 34.9 Å². The summed E-state index contributed by atoms with van der Waals surface area (Å²) in [6, 6.07) is 0. The van der Waals surface area contributed by atoms with Crippen molar-refractivity contribution in [3.63, 3.8) is 0 Å². The monoisotopic (exact) mass is 526 g/mol. The molecule has 6 heteroatoms. The number of aliphatic carboxylic acids is 1. The predicted molar refractivity (Wildman–Crippen MR) is 146 cm³/mol. The van der Waals surface area contributed by atoms with Crippen molar-refractivity contribution in [2.75, 3.05) is 0 Å². The molecule has 0 heterocycles. The maximum absolute atomic E-state index is 12.7. The van der Waals surface area contributed by atoms with Crippen LogP contribution in [0.4, 0.5) is 0 Å². The van der Waals surface area contributed by atoms with Gasteiger partial charge in [-0.3, -0.25) is 9.59 Å². The van der Waals surface area contributed by atoms with Crippen molar-refractivity contribution < 1.29 is 29.3 Å². The first kappa shape index (κ1) is 28.8. The number of aliphatic hydroxyl groups excluding tert-OH is 1. The largest absolute Gasteiger partial charge is 0.478 e. The van der Waals surface area contributed by atoms with Crippen LogP contribution >= 0.6 is 0 Å². The number of hydrogen-bond acceptors (Lipinski definition) is 5. The van der Waals surface area contributed by atoms with Crippen LogP contribution in [0.5, 0.6) is 0 Å². The number of allylic oxidation sites excluding steroid dienone is 4. The summed E-state index contributed by atoms with van der Waals surface area (Å²) < 4.78 is 5.78. The molecule has 4 rings (SSSR count). The molecule has 0 aromatic rings. The summed E-state index contributed by atoms with van der Waals surface area (Å²) in [7, 11) is 0. The third-order valence-electron chi connectivity index (χ3n) is 11.6. The van der Waals surface area contributed by atoms with Gasteiger partial charge in [-0.15, -0.1) is 0 Å². The number of carbonyl (C=O) groups excluding carboxylic acids is 2. The lowest BCUT2D eigenvalue weighted by molar-refractivity contribution is -0.165. The van der Waals surface area contributed by atoms with Crippen LogP contribution in [0.1, 0.15) is 93.9 Å². The molecule has 2 N–H and O–H groups in total. The van der Waals surface area contributed by atoms with Crippen LogP contribution in [0.15, 0.2) is 34.9 Å². The van der Waals surface area contributed by atoms with Crippen molar-refractivity contribution in [1.82, 2.24) is 0 Å². The number of carbonyl (C=O) groups is 3. The highest BCUT2D eigenvalue weighted by molar-refractivity contribution is 5.98. The molecule has 0 saturated heterocycles. The van der Waals surface area contributed by atoms with Crippen molar-refractivity contribution in [3.8, 4) is 0 Å². The zero-order valence-electron chi connectivity index (χ0n) is 24.4. The number of rotatable bonds is 6. The maximum atomic E-state index is 12.7. The van der Waals surface area contributed by atoms with Gasteiger partial charge in [-0.2, -0.15) is 0 Å². The number of aliphatic hydroxyl groups is 1. The van der Waals surface area contributed by atoms with E-state index in [9.17, 15) is 19.5 Å². The van der Waals surface area contributed by atoms with Gasteiger partial charge in [0.15, 0.2) is 5.78 Å². The van der Waals surface area contributed by atoms with Crippen LogP contribution in [-0.2, 0) is 19.1 Å². The van der Waals surface area contributed by atoms with E-state index in [0.29, 0.717) is 12.3 Å². The number of ketones is 1. The van der Waals surface area contributed by atoms with E-state index in [1.165, 1.54) is 31.1 Å². The number of fused-ring (bicyclic) bond motifs is 5. The fourth-order valence-electron chi connectivity index (χ4n) is 9.16. The molecule has 0 aromatic heterocycles. The standard InChI is InChI=1S/C32H46O6/c1-18(15-21(34)16-19(2)28(36)37)24-17-26(35)32(8)23-9-10-25-29(4,5)27(38-20(3)33)12-13-30(25,6)22(23)11-14-31(24,32)7/h9,11,16,18,24-27,35H,10,12-15,17H2,1-8H3,(H,36,37)/b19-16-. The number of hydrogen-bond donors (Lipinski definition) is 2. The zero-order valence-corrected chi connectivity index (χ0v) is 24.4. The Bertz CT molecular complexity index is 1130. The zero-order chi connectivity index (χ0) is 28.4. The van der Waals surface area contributed by atoms with Gasteiger partial charge in [0.05, 0.1) is 6.10 Å². The van der Waals surface area contributed by atoms with E-state index in [2.05, 4.69) is 53.7 Å². The highest BCUT2D eigenvalue weighted by Gasteiger charge is 2.66. The van der Waals surface area contributed by atoms with Crippen LogP contribution in [0.3, 0.4) is 0 Å². The molecule has 8 atom stereocenters. The van der Waals surface area contributed by atoms with E-state index in [1.807, 2.05) is 0 Å². The van der Waals surface area contributed by atoms with E-state index in [4.69, 9.17) is 9.84 Å². The Kier molecular flexibility index (Phi) is 7.17. The number of ether oxygens (including phenoxy) is 1. The molecule has 0 aromatic carbocycles. The second-order valence-corrected chi connectivity index (χ2v) is 13.9. The summed E-state index contributed by atoms with van der Waals surface area (Å²) in [5.41, 5.74) is 1.78. The maximum Gasteiger partial charge on any atom is 0.331 e. The first-order chi connectivity index (χ1) is 17.5. The Labute approximate surface area is 227 Å². The van der Waals surface area contributed by atoms with Crippen molar-refractivity contribution in [2.45, 2.75) is 106 Å². The molecule has 0 spiro atoms. The van der Waals surface area contributed by atoms with Gasteiger partial charge in [-0.1, -0.05) is 53.7 Å². The molecule has 2 fully saturated rings. The molecule has 8 unspecified atom stereocenters. The lowest BCUT2D eigenvalue weighted by Crippen LogP contribution is -2.56. The Morgan fingerprint density at radius 2 is 1.76 bits per heavy atom. The minimum absolute atomic E-state index is 0.0161. The molecular formula is C32H46O6. The Morgan fingerprint density at radius 1 is 1.11 bits per heavy atom. The molecule has 0 bridgehead atoms. The summed E-state index contributed by atoms with van der Waals surface area (Å²) in [4.78, 5) is 35.7. The summed E-state index contributed by atoms with van der Waals surface area (Å²) in [6.07, 6.45) is 9.76. The van der Waals surface area contributed by atoms with Crippen LogP contribution in [-0.4, -0.2) is 40.1 Å². The third-order valence-corrected chi connectivity index (χ3v) is 11.6. The van der Waals surface area contributed by atoms with Gasteiger partial charge >= 0.3 is 11.9 Å². The fourth-order valence-corrected chi connectivity index (χ4v) is 9.16. The summed E-state index contributed by atoms with van der Waals surface area (Å²) in [5.74, 6) is -0.998. The quantitative estimate of drug-likeness (QED) is 0.323. The predicted octanol–water partition coefficient (Wildman–Crippen LogP) is 6.04. The molecule has 4 aliphatic rings. The third kappa shape index (κ3) is 4.13. The Balaban J connectivity index is 1.66. The van der Waals surface area contributed by atoms with Crippen molar-refractivity contribution >= 4 is 17.7 Å². The van der Waals surface area contributed by atoms with E-state index >= 15 is 0 Å². The second kappa shape index (κ2) is 9.46. The first-order valence-corrected chi connectivity index (χ1v) is 14.2. The van der Waals surface area contributed by atoms with Crippen LogP contribution < -0.4 is 0 Å². The van der Waals surface area contributed by atoms with Crippen LogP contribution in [0.2, 0.25) is 0 Å². The van der Waals surface area contributed by atoms with Gasteiger partial charge in [-0.05, 0) is 84.8 Å². The van der Waals surface area contributed by atoms with E-state index in [-0.39, 0.29) is 57.9 Å². The number of carboxylic acids is 1.